The van der Waals surface area contributed by atoms with Crippen LogP contribution in [0.3, 0.4) is 0 Å². The van der Waals surface area contributed by atoms with Crippen LogP contribution >= 0.6 is 0 Å². The molecule has 0 aromatic carbocycles. The van der Waals surface area contributed by atoms with Crippen molar-refractivity contribution in [1.82, 2.24) is 10.2 Å². The van der Waals surface area contributed by atoms with E-state index in [9.17, 15) is 67.1 Å². The number of amides is 3. The molecule has 4 rings (SSSR count). The van der Waals surface area contributed by atoms with Crippen LogP contribution in [0.1, 0.15) is 65.2 Å². The highest BCUT2D eigenvalue weighted by molar-refractivity contribution is 5.97. The molecule has 0 aliphatic heterocycles. The highest BCUT2D eigenvalue weighted by atomic mass is 19.4. The maximum atomic E-state index is 13.8. The highest BCUT2D eigenvalue weighted by Crippen LogP contribution is 2.67. The third-order valence-corrected chi connectivity index (χ3v) is 10.5. The number of allylic oxidation sites excluding steroid dienone is 1. The molecular formula is C27H30F12N2O3. The largest absolute Gasteiger partial charge is 0.418 e. The van der Waals surface area contributed by atoms with Gasteiger partial charge in [0.1, 0.15) is 0 Å². The van der Waals surface area contributed by atoms with Gasteiger partial charge in [0.05, 0.1) is 0 Å². The number of nitrogens with zero attached hydrogens (tertiary/aromatic N) is 1. The Hall–Kier alpha value is -2.49. The van der Waals surface area contributed by atoms with E-state index in [0.29, 0.717) is 32.1 Å². The van der Waals surface area contributed by atoms with E-state index in [1.54, 1.807) is 6.08 Å². The number of hydrogen-bond acceptors (Lipinski definition) is 3. The Balaban J connectivity index is 1.71. The van der Waals surface area contributed by atoms with E-state index >= 15 is 0 Å². The Morgan fingerprint density at radius 3 is 1.89 bits per heavy atom. The van der Waals surface area contributed by atoms with Gasteiger partial charge >= 0.3 is 30.7 Å². The standard InChI is InChI=1S/C27H30F12N2O3/c1-22-9-7-13(42)11-12(22)3-4-14-15-5-6-17(23(15,2)10-8-16(14)22)18(43)41(20(26(34,35)36)27(37,38)39)21(44)40-19(24(28,29)30)25(31,32)33/h11,14-17,19-20H,3-10H2,1-2H3,(H,40,44)/t14-,15-,16+,17?,22-,23-/m0/s1. The normalized spacial score (nSPS) is 33.0. The maximum Gasteiger partial charge on any atom is 0.418 e. The van der Waals surface area contributed by atoms with E-state index in [1.165, 1.54) is 6.92 Å². The molecule has 1 N–H and O–H groups in total. The van der Waals surface area contributed by atoms with Gasteiger partial charge in [-0.1, -0.05) is 19.4 Å². The molecule has 6 atom stereocenters. The zero-order chi connectivity index (χ0) is 33.4. The molecule has 3 fully saturated rings. The zero-order valence-corrected chi connectivity index (χ0v) is 23.4. The van der Waals surface area contributed by atoms with Gasteiger partial charge in [-0.3, -0.25) is 9.59 Å². The molecule has 0 saturated heterocycles. The summed E-state index contributed by atoms with van der Waals surface area (Å²) in [5.41, 5.74) is -0.739. The summed E-state index contributed by atoms with van der Waals surface area (Å²) in [7, 11) is 0. The highest BCUT2D eigenvalue weighted by Gasteiger charge is 2.67. The van der Waals surface area contributed by atoms with E-state index in [4.69, 9.17) is 0 Å². The molecule has 250 valence electrons. The van der Waals surface area contributed by atoms with Crippen molar-refractivity contribution in [1.29, 1.82) is 0 Å². The minimum Gasteiger partial charge on any atom is -0.318 e. The number of imide groups is 1. The van der Waals surface area contributed by atoms with Crippen molar-refractivity contribution < 1.29 is 67.1 Å². The molecule has 0 aromatic heterocycles. The molecule has 0 spiro atoms. The van der Waals surface area contributed by atoms with Gasteiger partial charge in [-0.05, 0) is 79.6 Å². The van der Waals surface area contributed by atoms with Crippen LogP contribution in [-0.4, -0.2) is 59.4 Å². The molecule has 0 heterocycles. The quantitative estimate of drug-likeness (QED) is 0.317. The number of ketones is 1. The maximum absolute atomic E-state index is 13.8. The third kappa shape index (κ3) is 5.92. The van der Waals surface area contributed by atoms with Gasteiger partial charge in [0.25, 0.3) is 0 Å². The Morgan fingerprint density at radius 2 is 1.36 bits per heavy atom. The number of rotatable bonds is 3. The number of carbonyl (C=O) groups is 3. The predicted octanol–water partition coefficient (Wildman–Crippen LogP) is 7.66. The predicted molar refractivity (Wildman–Crippen MR) is 127 cm³/mol. The van der Waals surface area contributed by atoms with Crippen LogP contribution in [0, 0.1) is 34.5 Å². The van der Waals surface area contributed by atoms with E-state index in [1.807, 2.05) is 6.92 Å². The van der Waals surface area contributed by atoms with E-state index in [0.717, 1.165) is 5.57 Å². The lowest BCUT2D eigenvalue weighted by atomic mass is 9.47. The summed E-state index contributed by atoms with van der Waals surface area (Å²) in [6.45, 7) is 3.45. The third-order valence-electron chi connectivity index (χ3n) is 10.5. The van der Waals surface area contributed by atoms with Crippen molar-refractivity contribution in [2.24, 2.45) is 34.5 Å². The van der Waals surface area contributed by atoms with E-state index in [2.05, 4.69) is 0 Å². The number of fused-ring (bicyclic) bond motifs is 5. The van der Waals surface area contributed by atoms with Crippen LogP contribution in [0.15, 0.2) is 11.6 Å². The van der Waals surface area contributed by atoms with Crippen molar-refractivity contribution in [2.45, 2.75) is 102 Å². The number of carbonyl (C=O) groups excluding carboxylic acids is 3. The topological polar surface area (TPSA) is 66.5 Å². The lowest BCUT2D eigenvalue weighted by Gasteiger charge is -2.58. The van der Waals surface area contributed by atoms with Gasteiger partial charge in [0, 0.05) is 12.3 Å². The average molecular weight is 659 g/mol. The second kappa shape index (κ2) is 10.8. The van der Waals surface area contributed by atoms with Gasteiger partial charge in [0.2, 0.25) is 18.0 Å². The Bertz CT molecular complexity index is 1180. The summed E-state index contributed by atoms with van der Waals surface area (Å²) in [5.74, 6) is -4.52. The number of halogens is 12. The zero-order valence-electron chi connectivity index (χ0n) is 23.4. The van der Waals surface area contributed by atoms with Crippen molar-refractivity contribution in [3.05, 3.63) is 11.6 Å². The summed E-state index contributed by atoms with van der Waals surface area (Å²) in [6.07, 6.45) is -21.9. The Morgan fingerprint density at radius 1 is 0.795 bits per heavy atom. The van der Waals surface area contributed by atoms with Crippen LogP contribution < -0.4 is 5.32 Å². The first kappa shape index (κ1) is 34.4. The number of hydrogen-bond donors (Lipinski definition) is 1. The first-order valence-electron chi connectivity index (χ1n) is 14.0. The fourth-order valence-electron chi connectivity index (χ4n) is 8.50. The van der Waals surface area contributed by atoms with Crippen LogP contribution in [-0.2, 0) is 9.59 Å². The first-order chi connectivity index (χ1) is 19.8. The monoisotopic (exact) mass is 658 g/mol. The Kier molecular flexibility index (Phi) is 8.44. The lowest BCUT2D eigenvalue weighted by molar-refractivity contribution is -0.279. The van der Waals surface area contributed by atoms with Crippen LogP contribution in [0.25, 0.3) is 0 Å². The van der Waals surface area contributed by atoms with Crippen LogP contribution in [0.4, 0.5) is 57.5 Å². The molecule has 4 aliphatic carbocycles. The first-order valence-corrected chi connectivity index (χ1v) is 14.0. The van der Waals surface area contributed by atoms with Crippen molar-refractivity contribution >= 4 is 17.7 Å². The second-order valence-corrected chi connectivity index (χ2v) is 12.8. The van der Waals surface area contributed by atoms with Gasteiger partial charge in [-0.2, -0.15) is 52.7 Å². The molecule has 1 unspecified atom stereocenters. The molecule has 3 saturated carbocycles. The summed E-state index contributed by atoms with van der Waals surface area (Å²) in [5, 5.41) is 0.178. The van der Waals surface area contributed by atoms with Crippen LogP contribution in [0.5, 0.6) is 0 Å². The summed E-state index contributed by atoms with van der Waals surface area (Å²) < 4.78 is 161. The molecule has 0 radical (unpaired) electrons. The molecule has 17 heteroatoms. The lowest BCUT2D eigenvalue weighted by Crippen LogP contribution is -2.66. The summed E-state index contributed by atoms with van der Waals surface area (Å²) >= 11 is 0. The van der Waals surface area contributed by atoms with Crippen molar-refractivity contribution in [3.63, 3.8) is 0 Å². The SMILES string of the molecule is C[C@]12CCC(=O)C=C1CC[C@@H]1[C@H]2CC[C@]2(C)C(C(=O)N(C(=O)NC(C(F)(F)F)C(F)(F)F)C(C(F)(F)F)C(F)(F)F)CC[C@@H]12. The minimum absolute atomic E-state index is 0.0244. The number of nitrogens with one attached hydrogen (secondary N) is 1. The molecule has 0 bridgehead atoms. The molecular weight excluding hydrogens is 628 g/mol. The second-order valence-electron chi connectivity index (χ2n) is 12.8. The molecule has 44 heavy (non-hydrogen) atoms. The van der Waals surface area contributed by atoms with Crippen molar-refractivity contribution in [3.8, 4) is 0 Å². The van der Waals surface area contributed by atoms with E-state index < -0.39 is 76.3 Å². The summed E-state index contributed by atoms with van der Waals surface area (Å²) in [6, 6.07) is -12.9. The molecule has 5 nitrogen and oxygen atoms in total. The Labute approximate surface area is 243 Å². The fourth-order valence-corrected chi connectivity index (χ4v) is 8.50. The van der Waals surface area contributed by atoms with Gasteiger partial charge in [-0.15, -0.1) is 0 Å². The number of urea groups is 1. The summed E-state index contributed by atoms with van der Waals surface area (Å²) in [4.78, 5) is 36.8. The van der Waals surface area contributed by atoms with E-state index in [-0.39, 0.29) is 42.2 Å². The fraction of sp³-hybridized carbons (Fsp3) is 0.815. The van der Waals surface area contributed by atoms with Gasteiger partial charge in [0.15, 0.2) is 5.78 Å². The smallest absolute Gasteiger partial charge is 0.318 e. The molecule has 0 aromatic rings. The molecule has 4 aliphatic rings. The minimum atomic E-state index is -6.48. The van der Waals surface area contributed by atoms with Crippen LogP contribution in [0.2, 0.25) is 0 Å². The average Bonchev–Trinajstić information content (AvgIpc) is 3.20. The van der Waals surface area contributed by atoms with Gasteiger partial charge in [-0.25, -0.2) is 9.69 Å². The molecule has 3 amide bonds. The van der Waals surface area contributed by atoms with Crippen molar-refractivity contribution in [2.75, 3.05) is 0 Å². The van der Waals surface area contributed by atoms with Gasteiger partial charge < -0.3 is 5.32 Å². The number of alkyl halides is 12.